The smallest absolute Gasteiger partial charge is 0.159 e. The van der Waals surface area contributed by atoms with Gasteiger partial charge in [-0.05, 0) is 12.5 Å². The van der Waals surface area contributed by atoms with Crippen LogP contribution in [0.4, 0.5) is 0 Å². The van der Waals surface area contributed by atoms with Crippen LogP contribution in [0.2, 0.25) is 0 Å². The Labute approximate surface area is 72.7 Å². The topological polar surface area (TPSA) is 17.1 Å². The van der Waals surface area contributed by atoms with Crippen molar-refractivity contribution in [2.24, 2.45) is 5.92 Å². The van der Waals surface area contributed by atoms with E-state index in [1.807, 2.05) is 13.8 Å². The number of halogens is 1. The summed E-state index contributed by atoms with van der Waals surface area (Å²) in [5, 5.41) is 0.448. The Morgan fingerprint density at radius 1 is 1.55 bits per heavy atom. The summed E-state index contributed by atoms with van der Waals surface area (Å²) < 4.78 is 0. The molecule has 0 atom stereocenters. The first kappa shape index (κ1) is 10.4. The number of rotatable bonds is 3. The molecule has 0 aliphatic rings. The molecule has 0 saturated carbocycles. The molecule has 0 N–H and O–H groups in total. The zero-order valence-corrected chi connectivity index (χ0v) is 7.90. The van der Waals surface area contributed by atoms with E-state index >= 15 is 0 Å². The first-order valence-corrected chi connectivity index (χ1v) is 3.90. The molecule has 0 rings (SSSR count). The van der Waals surface area contributed by atoms with Crippen LogP contribution in [0.15, 0.2) is 23.3 Å². The molecule has 0 aliphatic carbocycles. The molecule has 11 heavy (non-hydrogen) atoms. The summed E-state index contributed by atoms with van der Waals surface area (Å²) in [5.74, 6) is 0.0427. The second-order valence-corrected chi connectivity index (χ2v) is 3.24. The summed E-state index contributed by atoms with van der Waals surface area (Å²) in [6.45, 7) is 9.05. The second-order valence-electron chi connectivity index (χ2n) is 2.83. The highest BCUT2D eigenvalue weighted by atomic mass is 35.5. The third kappa shape index (κ3) is 3.99. The summed E-state index contributed by atoms with van der Waals surface area (Å²) >= 11 is 5.70. The Balaban J connectivity index is 4.32. The summed E-state index contributed by atoms with van der Waals surface area (Å²) in [4.78, 5) is 11.1. The number of carbonyl (C=O) groups is 1. The van der Waals surface area contributed by atoms with E-state index in [9.17, 15) is 4.79 Å². The third-order valence-corrected chi connectivity index (χ3v) is 1.68. The van der Waals surface area contributed by atoms with Crippen LogP contribution < -0.4 is 0 Å². The van der Waals surface area contributed by atoms with Gasteiger partial charge in [0.15, 0.2) is 5.78 Å². The minimum atomic E-state index is 0.00287. The van der Waals surface area contributed by atoms with Crippen LogP contribution in [0, 0.1) is 5.92 Å². The van der Waals surface area contributed by atoms with Gasteiger partial charge in [0.05, 0.1) is 0 Å². The van der Waals surface area contributed by atoms with Gasteiger partial charge in [0.1, 0.15) is 0 Å². The highest BCUT2D eigenvalue weighted by Gasteiger charge is 2.04. The largest absolute Gasteiger partial charge is 0.295 e. The van der Waals surface area contributed by atoms with Gasteiger partial charge >= 0.3 is 0 Å². The van der Waals surface area contributed by atoms with Crippen LogP contribution in [0.3, 0.4) is 0 Å². The summed E-state index contributed by atoms with van der Waals surface area (Å²) in [6.07, 6.45) is 1.43. The van der Waals surface area contributed by atoms with E-state index in [0.717, 1.165) is 5.57 Å². The van der Waals surface area contributed by atoms with Gasteiger partial charge in [0.2, 0.25) is 0 Å². The normalized spacial score (nSPS) is 11.9. The molecular formula is C9H13ClO. The molecule has 62 valence electrons. The maximum absolute atomic E-state index is 11.1. The summed E-state index contributed by atoms with van der Waals surface area (Å²) in [6, 6.07) is 0. The molecule has 0 spiro atoms. The van der Waals surface area contributed by atoms with Gasteiger partial charge in [0, 0.05) is 17.0 Å². The number of ketones is 1. The predicted octanol–water partition coefficient (Wildman–Crippen LogP) is 2.91. The van der Waals surface area contributed by atoms with Crippen molar-refractivity contribution in [3.05, 3.63) is 23.3 Å². The van der Waals surface area contributed by atoms with E-state index in [4.69, 9.17) is 11.6 Å². The quantitative estimate of drug-likeness (QED) is 0.473. The van der Waals surface area contributed by atoms with Crippen molar-refractivity contribution in [1.82, 2.24) is 0 Å². The lowest BCUT2D eigenvalue weighted by atomic mass is 10.1. The average molecular weight is 173 g/mol. The summed E-state index contributed by atoms with van der Waals surface area (Å²) in [5.41, 5.74) is 0.723. The lowest BCUT2D eigenvalue weighted by Crippen LogP contribution is -2.02. The molecule has 2 heteroatoms. The minimum Gasteiger partial charge on any atom is -0.295 e. The molecule has 0 aliphatic heterocycles. The Morgan fingerprint density at radius 2 is 2.00 bits per heavy atom. The van der Waals surface area contributed by atoms with Gasteiger partial charge in [-0.25, -0.2) is 0 Å². The van der Waals surface area contributed by atoms with E-state index in [0.29, 0.717) is 5.03 Å². The number of hydrogen-bond acceptors (Lipinski definition) is 1. The van der Waals surface area contributed by atoms with Gasteiger partial charge < -0.3 is 0 Å². The Morgan fingerprint density at radius 3 is 2.27 bits per heavy atom. The van der Waals surface area contributed by atoms with Gasteiger partial charge in [0.25, 0.3) is 0 Å². The highest BCUT2D eigenvalue weighted by Crippen LogP contribution is 2.12. The van der Waals surface area contributed by atoms with Crippen molar-refractivity contribution in [3.63, 3.8) is 0 Å². The standard InChI is InChI=1S/C9H13ClO/c1-6(2)8(10)5-9(11)7(3)4/h5,7H,1H2,2-4H3/b8-5+. The zero-order valence-electron chi connectivity index (χ0n) is 7.15. The van der Waals surface area contributed by atoms with E-state index in [2.05, 4.69) is 6.58 Å². The molecule has 0 radical (unpaired) electrons. The number of hydrogen-bond donors (Lipinski definition) is 0. The lowest BCUT2D eigenvalue weighted by Gasteiger charge is -1.99. The molecule has 0 heterocycles. The molecule has 0 aromatic carbocycles. The molecule has 0 aromatic rings. The van der Waals surface area contributed by atoms with Crippen LogP contribution in [0.1, 0.15) is 20.8 Å². The Bertz CT molecular complexity index is 202. The molecule has 0 unspecified atom stereocenters. The fourth-order valence-corrected chi connectivity index (χ4v) is 0.522. The second kappa shape index (κ2) is 4.35. The first-order chi connectivity index (χ1) is 4.95. The van der Waals surface area contributed by atoms with Gasteiger partial charge in [-0.1, -0.05) is 32.0 Å². The van der Waals surface area contributed by atoms with Crippen molar-refractivity contribution in [2.45, 2.75) is 20.8 Å². The first-order valence-electron chi connectivity index (χ1n) is 3.52. The zero-order chi connectivity index (χ0) is 9.02. The van der Waals surface area contributed by atoms with E-state index in [1.54, 1.807) is 6.92 Å². The molecule has 0 bridgehead atoms. The number of carbonyl (C=O) groups excluding carboxylic acids is 1. The third-order valence-electron chi connectivity index (χ3n) is 1.25. The maximum atomic E-state index is 11.1. The fourth-order valence-electron chi connectivity index (χ4n) is 0.415. The molecule has 1 nitrogen and oxygen atoms in total. The Kier molecular flexibility index (Phi) is 4.12. The van der Waals surface area contributed by atoms with Crippen molar-refractivity contribution >= 4 is 17.4 Å². The van der Waals surface area contributed by atoms with Crippen molar-refractivity contribution in [3.8, 4) is 0 Å². The van der Waals surface area contributed by atoms with Crippen LogP contribution in [0.25, 0.3) is 0 Å². The van der Waals surface area contributed by atoms with Crippen molar-refractivity contribution in [2.75, 3.05) is 0 Å². The van der Waals surface area contributed by atoms with E-state index < -0.39 is 0 Å². The molecule has 0 fully saturated rings. The predicted molar refractivity (Wildman–Crippen MR) is 48.6 cm³/mol. The molecule has 0 saturated heterocycles. The average Bonchev–Trinajstić information content (AvgIpc) is 1.87. The molecule has 0 aromatic heterocycles. The minimum absolute atomic E-state index is 0.00287. The van der Waals surface area contributed by atoms with Gasteiger partial charge in [-0.15, -0.1) is 0 Å². The van der Waals surface area contributed by atoms with Crippen LogP contribution in [-0.4, -0.2) is 5.78 Å². The summed E-state index contributed by atoms with van der Waals surface area (Å²) in [7, 11) is 0. The Hall–Kier alpha value is -0.560. The van der Waals surface area contributed by atoms with Gasteiger partial charge in [-0.2, -0.15) is 0 Å². The van der Waals surface area contributed by atoms with Gasteiger partial charge in [-0.3, -0.25) is 4.79 Å². The van der Waals surface area contributed by atoms with E-state index in [1.165, 1.54) is 6.08 Å². The fraction of sp³-hybridized carbons (Fsp3) is 0.444. The lowest BCUT2D eigenvalue weighted by molar-refractivity contribution is -0.117. The van der Waals surface area contributed by atoms with Crippen LogP contribution in [-0.2, 0) is 4.79 Å². The van der Waals surface area contributed by atoms with Crippen LogP contribution in [0.5, 0.6) is 0 Å². The van der Waals surface area contributed by atoms with E-state index in [-0.39, 0.29) is 11.7 Å². The van der Waals surface area contributed by atoms with Crippen LogP contribution >= 0.6 is 11.6 Å². The maximum Gasteiger partial charge on any atom is 0.159 e. The molecular weight excluding hydrogens is 160 g/mol. The monoisotopic (exact) mass is 172 g/mol. The highest BCUT2D eigenvalue weighted by molar-refractivity contribution is 6.33. The van der Waals surface area contributed by atoms with Crippen molar-refractivity contribution in [1.29, 1.82) is 0 Å². The SMILES string of the molecule is C=C(C)/C(Cl)=C\C(=O)C(C)C. The molecule has 0 amide bonds. The number of allylic oxidation sites excluding steroid dienone is 3. The van der Waals surface area contributed by atoms with Crippen molar-refractivity contribution < 1.29 is 4.79 Å².